The summed E-state index contributed by atoms with van der Waals surface area (Å²) in [5.74, 6) is 0.300. The molecule has 1 saturated heterocycles. The van der Waals surface area contributed by atoms with E-state index in [9.17, 15) is 13.2 Å². The number of anilines is 1. The first-order valence-corrected chi connectivity index (χ1v) is 13.7. The van der Waals surface area contributed by atoms with Gasteiger partial charge in [0.1, 0.15) is 12.3 Å². The van der Waals surface area contributed by atoms with Crippen molar-refractivity contribution in [2.24, 2.45) is 0 Å². The highest BCUT2D eigenvalue weighted by molar-refractivity contribution is 9.10. The summed E-state index contributed by atoms with van der Waals surface area (Å²) in [5.41, 5.74) is 0.402. The Kier molecular flexibility index (Phi) is 9.75. The number of amides is 1. The predicted octanol–water partition coefficient (Wildman–Crippen LogP) is 2.80. The number of likely N-dealkylation sites (N-methyl/N-ethyl adjacent to an activating group) is 1. The van der Waals surface area contributed by atoms with E-state index >= 15 is 0 Å². The minimum atomic E-state index is -3.95. The maximum Gasteiger partial charge on any atom is 0.264 e. The van der Waals surface area contributed by atoms with Crippen molar-refractivity contribution in [2.45, 2.75) is 18.2 Å². The molecule has 0 bridgehead atoms. The van der Waals surface area contributed by atoms with Gasteiger partial charge in [-0.3, -0.25) is 9.10 Å². The van der Waals surface area contributed by atoms with Crippen molar-refractivity contribution in [1.82, 2.24) is 15.1 Å². The third kappa shape index (κ3) is 7.43. The van der Waals surface area contributed by atoms with Crippen LogP contribution in [0.5, 0.6) is 5.75 Å². The first kappa shape index (κ1) is 26.5. The molecule has 186 valence electrons. The van der Waals surface area contributed by atoms with Crippen LogP contribution < -0.4 is 14.4 Å². The first-order valence-electron chi connectivity index (χ1n) is 11.5. The highest BCUT2D eigenvalue weighted by Crippen LogP contribution is 2.26. The van der Waals surface area contributed by atoms with E-state index in [0.717, 1.165) is 47.9 Å². The quantitative estimate of drug-likeness (QED) is 0.431. The summed E-state index contributed by atoms with van der Waals surface area (Å²) in [5, 5.41) is 2.88. The van der Waals surface area contributed by atoms with E-state index in [4.69, 9.17) is 4.74 Å². The van der Waals surface area contributed by atoms with Crippen LogP contribution in [0.3, 0.4) is 0 Å². The molecule has 0 atom stereocenters. The Morgan fingerprint density at radius 2 is 1.71 bits per heavy atom. The molecule has 1 heterocycles. The third-order valence-electron chi connectivity index (χ3n) is 5.69. The Morgan fingerprint density at radius 1 is 1.06 bits per heavy atom. The Hall–Kier alpha value is -2.14. The average Bonchev–Trinajstić information content (AvgIpc) is 2.82. The number of piperazine rings is 1. The van der Waals surface area contributed by atoms with Crippen LogP contribution >= 0.6 is 15.9 Å². The number of benzene rings is 2. The number of hydrogen-bond donors (Lipinski definition) is 1. The molecular formula is C24H33BrN4O4S. The van der Waals surface area contributed by atoms with E-state index < -0.39 is 10.0 Å². The van der Waals surface area contributed by atoms with Crippen molar-refractivity contribution in [1.29, 1.82) is 0 Å². The summed E-state index contributed by atoms with van der Waals surface area (Å²) in [6.07, 6.45) is 0.817. The maximum absolute atomic E-state index is 13.4. The van der Waals surface area contributed by atoms with Gasteiger partial charge in [0.05, 0.1) is 17.2 Å². The number of carbonyl (C=O) groups excluding carboxylic acids is 1. The molecule has 0 aromatic heterocycles. The average molecular weight is 554 g/mol. The molecule has 1 N–H and O–H groups in total. The van der Waals surface area contributed by atoms with E-state index in [2.05, 4.69) is 38.1 Å². The number of halogens is 1. The third-order valence-corrected chi connectivity index (χ3v) is 8.01. The van der Waals surface area contributed by atoms with Crippen LogP contribution in [0.4, 0.5) is 5.69 Å². The summed E-state index contributed by atoms with van der Waals surface area (Å²) >= 11 is 3.33. The van der Waals surface area contributed by atoms with E-state index in [0.29, 0.717) is 24.6 Å². The topological polar surface area (TPSA) is 82.2 Å². The highest BCUT2D eigenvalue weighted by atomic mass is 79.9. The molecule has 3 rings (SSSR count). The Labute approximate surface area is 211 Å². The summed E-state index contributed by atoms with van der Waals surface area (Å²) in [6.45, 7) is 7.66. The molecule has 1 aliphatic rings. The van der Waals surface area contributed by atoms with Crippen LogP contribution in [0.2, 0.25) is 0 Å². The fourth-order valence-corrected chi connectivity index (χ4v) is 5.40. The van der Waals surface area contributed by atoms with E-state index in [1.54, 1.807) is 36.4 Å². The molecule has 1 amide bonds. The van der Waals surface area contributed by atoms with Gasteiger partial charge in [-0.1, -0.05) is 15.9 Å². The van der Waals surface area contributed by atoms with Crippen molar-refractivity contribution in [3.8, 4) is 5.75 Å². The van der Waals surface area contributed by atoms with Gasteiger partial charge in [0.2, 0.25) is 5.91 Å². The Bertz CT molecular complexity index is 1020. The lowest BCUT2D eigenvalue weighted by Crippen LogP contribution is -2.45. The highest BCUT2D eigenvalue weighted by Gasteiger charge is 2.27. The fourth-order valence-electron chi connectivity index (χ4n) is 3.71. The van der Waals surface area contributed by atoms with E-state index in [1.807, 2.05) is 6.92 Å². The molecule has 2 aromatic rings. The lowest BCUT2D eigenvalue weighted by molar-refractivity contribution is -0.119. The van der Waals surface area contributed by atoms with Crippen molar-refractivity contribution >= 4 is 37.5 Å². The lowest BCUT2D eigenvalue weighted by Gasteiger charge is -2.32. The number of hydrogen-bond acceptors (Lipinski definition) is 6. The maximum atomic E-state index is 13.4. The van der Waals surface area contributed by atoms with Crippen LogP contribution in [0.15, 0.2) is 57.9 Å². The molecule has 0 saturated carbocycles. The number of nitrogens with one attached hydrogen (secondary N) is 1. The molecule has 34 heavy (non-hydrogen) atoms. The zero-order valence-corrected chi connectivity index (χ0v) is 22.1. The number of sulfonamides is 1. The second-order valence-electron chi connectivity index (χ2n) is 8.24. The van der Waals surface area contributed by atoms with Gasteiger partial charge in [-0.05, 0) is 75.5 Å². The lowest BCUT2D eigenvalue weighted by atomic mass is 10.3. The van der Waals surface area contributed by atoms with Gasteiger partial charge in [-0.2, -0.15) is 0 Å². The van der Waals surface area contributed by atoms with Gasteiger partial charge in [0.15, 0.2) is 0 Å². The Morgan fingerprint density at radius 3 is 2.32 bits per heavy atom. The first-order chi connectivity index (χ1) is 16.3. The van der Waals surface area contributed by atoms with E-state index in [-0.39, 0.29) is 17.3 Å². The summed E-state index contributed by atoms with van der Waals surface area (Å²) in [7, 11) is -1.83. The zero-order valence-electron chi connectivity index (χ0n) is 19.7. The normalized spacial score (nSPS) is 15.1. The van der Waals surface area contributed by atoms with Gasteiger partial charge < -0.3 is 19.9 Å². The monoisotopic (exact) mass is 552 g/mol. The minimum Gasteiger partial charge on any atom is -0.494 e. The van der Waals surface area contributed by atoms with Crippen LogP contribution in [0.1, 0.15) is 13.3 Å². The number of carbonyl (C=O) groups is 1. The van der Waals surface area contributed by atoms with Crippen molar-refractivity contribution < 1.29 is 17.9 Å². The molecule has 10 heteroatoms. The van der Waals surface area contributed by atoms with Crippen LogP contribution in [0, 0.1) is 0 Å². The van der Waals surface area contributed by atoms with Gasteiger partial charge in [-0.25, -0.2) is 8.42 Å². The summed E-state index contributed by atoms with van der Waals surface area (Å²) in [4.78, 5) is 17.6. The molecule has 0 radical (unpaired) electrons. The molecular weight excluding hydrogens is 520 g/mol. The van der Waals surface area contributed by atoms with Crippen molar-refractivity contribution in [3.05, 3.63) is 53.0 Å². The van der Waals surface area contributed by atoms with Gasteiger partial charge in [-0.15, -0.1) is 0 Å². The standard InChI is InChI=1S/C24H33BrN4O4S/c1-3-33-22-9-7-21(8-10-22)29(34(31,32)23-11-5-20(25)6-12-23)19-24(30)26-13-4-14-28-17-15-27(2)16-18-28/h5-12H,3-4,13-19H2,1-2H3,(H,26,30). The van der Waals surface area contributed by atoms with Gasteiger partial charge in [0, 0.05) is 37.2 Å². The largest absolute Gasteiger partial charge is 0.494 e. The zero-order chi connectivity index (χ0) is 24.6. The van der Waals surface area contributed by atoms with Crippen molar-refractivity contribution in [2.75, 3.05) is 63.8 Å². The van der Waals surface area contributed by atoms with Crippen LogP contribution in [-0.2, 0) is 14.8 Å². The summed E-state index contributed by atoms with van der Waals surface area (Å²) in [6, 6.07) is 13.1. The summed E-state index contributed by atoms with van der Waals surface area (Å²) < 4.78 is 34.3. The second kappa shape index (κ2) is 12.5. The Balaban J connectivity index is 1.66. The number of ether oxygens (including phenoxy) is 1. The molecule has 0 unspecified atom stereocenters. The molecule has 0 spiro atoms. The molecule has 1 fully saturated rings. The number of rotatable bonds is 11. The fraction of sp³-hybridized carbons (Fsp3) is 0.458. The predicted molar refractivity (Wildman–Crippen MR) is 138 cm³/mol. The van der Waals surface area contributed by atoms with E-state index in [1.165, 1.54) is 12.1 Å². The SMILES string of the molecule is CCOc1ccc(N(CC(=O)NCCCN2CCN(C)CC2)S(=O)(=O)c2ccc(Br)cc2)cc1. The molecule has 8 nitrogen and oxygen atoms in total. The van der Waals surface area contributed by atoms with Crippen LogP contribution in [-0.4, -0.2) is 83.6 Å². The minimum absolute atomic E-state index is 0.118. The van der Waals surface area contributed by atoms with Gasteiger partial charge >= 0.3 is 0 Å². The molecule has 0 aliphatic carbocycles. The van der Waals surface area contributed by atoms with Crippen LogP contribution in [0.25, 0.3) is 0 Å². The second-order valence-corrected chi connectivity index (χ2v) is 11.0. The molecule has 2 aromatic carbocycles. The van der Waals surface area contributed by atoms with Crippen molar-refractivity contribution in [3.63, 3.8) is 0 Å². The smallest absolute Gasteiger partial charge is 0.264 e. The number of nitrogens with zero attached hydrogens (tertiary/aromatic N) is 3. The van der Waals surface area contributed by atoms with Gasteiger partial charge in [0.25, 0.3) is 10.0 Å². The molecule has 1 aliphatic heterocycles.